The van der Waals surface area contributed by atoms with Crippen LogP contribution in [0.4, 0.5) is 0 Å². The highest BCUT2D eigenvalue weighted by molar-refractivity contribution is 5.03. The third-order valence-corrected chi connectivity index (χ3v) is 1.30. The van der Waals surface area contributed by atoms with Crippen LogP contribution in [0.2, 0.25) is 0 Å². The molecule has 0 saturated carbocycles. The van der Waals surface area contributed by atoms with Gasteiger partial charge in [0.25, 0.3) is 5.95 Å². The van der Waals surface area contributed by atoms with Gasteiger partial charge >= 0.3 is 0 Å². The van der Waals surface area contributed by atoms with E-state index in [2.05, 4.69) is 0 Å². The number of nitrogens with zero attached hydrogens (tertiary/aromatic N) is 1. The van der Waals surface area contributed by atoms with Crippen LogP contribution in [-0.4, -0.2) is 13.2 Å². The molecule has 3 heteroatoms. The van der Waals surface area contributed by atoms with E-state index in [-0.39, 0.29) is 0 Å². The number of nitriles is 1. The van der Waals surface area contributed by atoms with Crippen molar-refractivity contribution in [3.8, 4) is 6.07 Å². The van der Waals surface area contributed by atoms with E-state index in [0.29, 0.717) is 31.0 Å². The first-order chi connectivity index (χ1) is 6.56. The van der Waals surface area contributed by atoms with Gasteiger partial charge in [-0.1, -0.05) is 27.7 Å². The highest BCUT2D eigenvalue weighted by atomic mass is 16.7. The van der Waals surface area contributed by atoms with Crippen LogP contribution >= 0.6 is 0 Å². The summed E-state index contributed by atoms with van der Waals surface area (Å²) in [6.07, 6.45) is 1.30. The van der Waals surface area contributed by atoms with Crippen LogP contribution in [0.3, 0.4) is 0 Å². The first-order valence-corrected chi connectivity index (χ1v) is 4.91. The standard InChI is InChI=1S/C11H19NO2/c1-9(2)7-13-11(5-6-12)14-8-10(3)4/h5,9-10H,7-8H2,1-4H3. The molecule has 0 unspecified atom stereocenters. The van der Waals surface area contributed by atoms with Gasteiger partial charge in [0.1, 0.15) is 0 Å². The van der Waals surface area contributed by atoms with Gasteiger partial charge in [0.2, 0.25) is 0 Å². The van der Waals surface area contributed by atoms with Gasteiger partial charge in [-0.05, 0) is 11.8 Å². The molecule has 0 atom stereocenters. The molecule has 0 fully saturated rings. The van der Waals surface area contributed by atoms with Gasteiger partial charge in [0.05, 0.1) is 25.4 Å². The average molecular weight is 197 g/mol. The Kier molecular flexibility index (Phi) is 6.65. The van der Waals surface area contributed by atoms with E-state index in [9.17, 15) is 0 Å². The normalized spacial score (nSPS) is 9.79. The Labute approximate surface area is 86.3 Å². The van der Waals surface area contributed by atoms with E-state index < -0.39 is 0 Å². The van der Waals surface area contributed by atoms with Crippen LogP contribution in [0.1, 0.15) is 27.7 Å². The topological polar surface area (TPSA) is 42.2 Å². The second kappa shape index (κ2) is 7.25. The van der Waals surface area contributed by atoms with E-state index in [0.717, 1.165) is 0 Å². The maximum Gasteiger partial charge on any atom is 0.290 e. The first kappa shape index (κ1) is 12.8. The number of allylic oxidation sites excluding steroid dienone is 1. The summed E-state index contributed by atoms with van der Waals surface area (Å²) in [4.78, 5) is 0. The molecule has 0 N–H and O–H groups in total. The molecule has 0 spiro atoms. The molecule has 0 amide bonds. The lowest BCUT2D eigenvalue weighted by atomic mass is 10.2. The molecular formula is C11H19NO2. The largest absolute Gasteiger partial charge is 0.465 e. The van der Waals surface area contributed by atoms with E-state index in [1.165, 1.54) is 6.08 Å². The molecule has 80 valence electrons. The number of hydrogen-bond donors (Lipinski definition) is 0. The summed E-state index contributed by atoms with van der Waals surface area (Å²) in [5.74, 6) is 1.19. The first-order valence-electron chi connectivity index (χ1n) is 4.91. The zero-order valence-corrected chi connectivity index (χ0v) is 9.41. The molecule has 0 aliphatic rings. The van der Waals surface area contributed by atoms with Gasteiger partial charge in [0.15, 0.2) is 0 Å². The third-order valence-electron chi connectivity index (χ3n) is 1.30. The van der Waals surface area contributed by atoms with Crippen LogP contribution in [0.25, 0.3) is 0 Å². The van der Waals surface area contributed by atoms with Crippen molar-refractivity contribution in [3.05, 3.63) is 12.0 Å². The quantitative estimate of drug-likeness (QED) is 0.485. The minimum Gasteiger partial charge on any atom is -0.465 e. The molecule has 0 rings (SSSR count). The maximum absolute atomic E-state index is 8.48. The van der Waals surface area contributed by atoms with Crippen molar-refractivity contribution < 1.29 is 9.47 Å². The van der Waals surface area contributed by atoms with Crippen molar-refractivity contribution in [2.45, 2.75) is 27.7 Å². The molecule has 14 heavy (non-hydrogen) atoms. The molecule has 0 saturated heterocycles. The van der Waals surface area contributed by atoms with Crippen molar-refractivity contribution in [2.75, 3.05) is 13.2 Å². The molecule has 0 bridgehead atoms. The smallest absolute Gasteiger partial charge is 0.290 e. The van der Waals surface area contributed by atoms with Crippen LogP contribution in [-0.2, 0) is 9.47 Å². The Balaban J connectivity index is 3.93. The van der Waals surface area contributed by atoms with Crippen LogP contribution < -0.4 is 0 Å². The van der Waals surface area contributed by atoms with Crippen LogP contribution in [0.15, 0.2) is 12.0 Å². The fraction of sp³-hybridized carbons (Fsp3) is 0.727. The summed E-state index contributed by atoms with van der Waals surface area (Å²) in [6, 6.07) is 1.90. The van der Waals surface area contributed by atoms with Gasteiger partial charge in [-0.2, -0.15) is 5.26 Å². The molecule has 0 aromatic carbocycles. The van der Waals surface area contributed by atoms with Crippen LogP contribution in [0, 0.1) is 23.2 Å². The molecule has 0 radical (unpaired) electrons. The summed E-state index contributed by atoms with van der Waals surface area (Å²) in [7, 11) is 0. The second-order valence-electron chi connectivity index (χ2n) is 4.00. The summed E-state index contributed by atoms with van der Waals surface area (Å²) < 4.78 is 10.6. The lowest BCUT2D eigenvalue weighted by molar-refractivity contribution is 0.0157. The van der Waals surface area contributed by atoms with Crippen molar-refractivity contribution in [3.63, 3.8) is 0 Å². The predicted octanol–water partition coefficient (Wildman–Crippen LogP) is 2.70. The molecule has 3 nitrogen and oxygen atoms in total. The zero-order valence-electron chi connectivity index (χ0n) is 9.41. The number of ether oxygens (including phenoxy) is 2. The fourth-order valence-electron chi connectivity index (χ4n) is 0.675. The zero-order chi connectivity index (χ0) is 11.0. The van der Waals surface area contributed by atoms with Crippen LogP contribution in [0.5, 0.6) is 0 Å². The van der Waals surface area contributed by atoms with Gasteiger partial charge in [-0.3, -0.25) is 0 Å². The highest BCUT2D eigenvalue weighted by Crippen LogP contribution is 2.06. The SMILES string of the molecule is CC(C)COC(=CC#N)OCC(C)C. The van der Waals surface area contributed by atoms with Gasteiger partial charge < -0.3 is 9.47 Å². The van der Waals surface area contributed by atoms with E-state index in [1.807, 2.05) is 33.8 Å². The molecule has 0 aliphatic carbocycles. The third kappa shape index (κ3) is 7.48. The van der Waals surface area contributed by atoms with Gasteiger partial charge in [-0.15, -0.1) is 0 Å². The molecule has 0 heterocycles. The van der Waals surface area contributed by atoms with E-state index in [4.69, 9.17) is 14.7 Å². The minimum atomic E-state index is 0.329. The van der Waals surface area contributed by atoms with Gasteiger partial charge in [-0.25, -0.2) is 0 Å². The highest BCUT2D eigenvalue weighted by Gasteiger charge is 2.03. The lowest BCUT2D eigenvalue weighted by Gasteiger charge is -2.13. The van der Waals surface area contributed by atoms with Crippen molar-refractivity contribution >= 4 is 0 Å². The molecule has 0 aromatic rings. The Bertz CT molecular complexity index is 200. The summed E-state index contributed by atoms with van der Waals surface area (Å²) in [6.45, 7) is 9.34. The lowest BCUT2D eigenvalue weighted by Crippen LogP contribution is -2.08. The monoisotopic (exact) mass is 197 g/mol. The Morgan fingerprint density at radius 1 is 1.14 bits per heavy atom. The van der Waals surface area contributed by atoms with Gasteiger partial charge in [0, 0.05) is 0 Å². The van der Waals surface area contributed by atoms with Crippen molar-refractivity contribution in [1.82, 2.24) is 0 Å². The fourth-order valence-corrected chi connectivity index (χ4v) is 0.675. The Morgan fingerprint density at radius 2 is 1.57 bits per heavy atom. The van der Waals surface area contributed by atoms with Crippen molar-refractivity contribution in [2.24, 2.45) is 11.8 Å². The molecule has 0 aromatic heterocycles. The number of rotatable bonds is 6. The summed E-state index contributed by atoms with van der Waals surface area (Å²) >= 11 is 0. The van der Waals surface area contributed by atoms with E-state index >= 15 is 0 Å². The number of hydrogen-bond acceptors (Lipinski definition) is 3. The Morgan fingerprint density at radius 3 is 1.86 bits per heavy atom. The maximum atomic E-state index is 8.48. The molecular weight excluding hydrogens is 178 g/mol. The van der Waals surface area contributed by atoms with E-state index in [1.54, 1.807) is 0 Å². The second-order valence-corrected chi connectivity index (χ2v) is 4.00. The minimum absolute atomic E-state index is 0.329. The summed E-state index contributed by atoms with van der Waals surface area (Å²) in [5, 5.41) is 8.48. The average Bonchev–Trinajstić information content (AvgIpc) is 2.09. The predicted molar refractivity (Wildman–Crippen MR) is 55.3 cm³/mol. The van der Waals surface area contributed by atoms with Crippen molar-refractivity contribution in [1.29, 1.82) is 5.26 Å². The Hall–Kier alpha value is -1.17. The molecule has 0 aliphatic heterocycles. The summed E-state index contributed by atoms with van der Waals surface area (Å²) in [5.41, 5.74) is 0.